The fraction of sp³-hybridized carbons (Fsp3) is 0.917. The molecule has 5 heteroatoms. The molecule has 0 bridgehead atoms. The van der Waals surface area contributed by atoms with Crippen LogP contribution in [0.25, 0.3) is 0 Å². The second kappa shape index (κ2) is 5.80. The molecule has 0 radical (unpaired) electrons. The van der Waals surface area contributed by atoms with Crippen LogP contribution in [0, 0.1) is 0 Å². The maximum Gasteiger partial charge on any atom is 0.237 e. The number of carbonyl (C=O) groups is 1. The molecule has 2 N–H and O–H groups in total. The van der Waals surface area contributed by atoms with Crippen LogP contribution in [-0.4, -0.2) is 50.5 Å². The zero-order chi connectivity index (χ0) is 12.3. The number of methoxy groups -OCH3 is 1. The first kappa shape index (κ1) is 12.8. The Hall–Kier alpha value is -0.650. The zero-order valence-corrected chi connectivity index (χ0v) is 10.6. The maximum atomic E-state index is 11.6. The number of hydrogen-bond acceptors (Lipinski definition) is 4. The predicted octanol–water partition coefficient (Wildman–Crippen LogP) is 0.0470. The molecule has 4 unspecified atom stereocenters. The van der Waals surface area contributed by atoms with Gasteiger partial charge in [0.25, 0.3) is 0 Å². The van der Waals surface area contributed by atoms with Crippen molar-refractivity contribution in [1.29, 1.82) is 0 Å². The summed E-state index contributed by atoms with van der Waals surface area (Å²) < 4.78 is 11.0. The number of carbonyl (C=O) groups excluding carboxylic acids is 1. The Balaban J connectivity index is 1.81. The van der Waals surface area contributed by atoms with Gasteiger partial charge in [0.15, 0.2) is 0 Å². The number of rotatable bonds is 5. The van der Waals surface area contributed by atoms with Crippen LogP contribution < -0.4 is 10.6 Å². The first-order chi connectivity index (χ1) is 8.26. The molecular formula is C12H22N2O3. The van der Waals surface area contributed by atoms with Crippen molar-refractivity contribution in [3.8, 4) is 0 Å². The van der Waals surface area contributed by atoms with E-state index < -0.39 is 0 Å². The van der Waals surface area contributed by atoms with Gasteiger partial charge in [-0.25, -0.2) is 0 Å². The first-order valence-electron chi connectivity index (χ1n) is 6.44. The summed E-state index contributed by atoms with van der Waals surface area (Å²) in [6.07, 6.45) is 3.13. The Morgan fingerprint density at radius 2 is 2.35 bits per heavy atom. The molecule has 0 aromatic rings. The van der Waals surface area contributed by atoms with E-state index in [-0.39, 0.29) is 30.2 Å². The van der Waals surface area contributed by atoms with Gasteiger partial charge in [0.05, 0.1) is 18.2 Å². The highest BCUT2D eigenvalue weighted by molar-refractivity contribution is 5.82. The van der Waals surface area contributed by atoms with Crippen LogP contribution in [0.3, 0.4) is 0 Å². The standard InChI is InChI=1S/C12H22N2O3/c1-3-17-10-7-9(11(10)16-2)14-8-5-4-6-13-12(8)15/h8-11,14H,3-7H2,1-2H3,(H,13,15). The lowest BCUT2D eigenvalue weighted by atomic mass is 9.84. The Morgan fingerprint density at radius 1 is 1.53 bits per heavy atom. The minimum absolute atomic E-state index is 0.0611. The summed E-state index contributed by atoms with van der Waals surface area (Å²) in [5.41, 5.74) is 0. The molecule has 1 amide bonds. The molecule has 5 nitrogen and oxygen atoms in total. The van der Waals surface area contributed by atoms with E-state index in [9.17, 15) is 4.79 Å². The molecular weight excluding hydrogens is 220 g/mol. The van der Waals surface area contributed by atoms with Gasteiger partial charge in [-0.05, 0) is 26.2 Å². The Kier molecular flexibility index (Phi) is 4.36. The summed E-state index contributed by atoms with van der Waals surface area (Å²) in [6, 6.07) is 0.180. The molecule has 98 valence electrons. The van der Waals surface area contributed by atoms with Crippen LogP contribution in [0.2, 0.25) is 0 Å². The van der Waals surface area contributed by atoms with Gasteiger partial charge in [0.1, 0.15) is 0 Å². The van der Waals surface area contributed by atoms with E-state index in [1.807, 2.05) is 6.92 Å². The van der Waals surface area contributed by atoms with Crippen molar-refractivity contribution in [2.45, 2.75) is 50.5 Å². The van der Waals surface area contributed by atoms with Gasteiger partial charge in [0.2, 0.25) is 5.91 Å². The molecule has 0 aromatic carbocycles. The van der Waals surface area contributed by atoms with Crippen LogP contribution in [0.15, 0.2) is 0 Å². The normalized spacial score (nSPS) is 37.4. The summed E-state index contributed by atoms with van der Waals surface area (Å²) in [4.78, 5) is 11.6. The molecule has 2 fully saturated rings. The highest BCUT2D eigenvalue weighted by Gasteiger charge is 2.43. The summed E-state index contributed by atoms with van der Waals surface area (Å²) in [5.74, 6) is 0.117. The summed E-state index contributed by atoms with van der Waals surface area (Å²) in [5, 5.41) is 6.26. The van der Waals surface area contributed by atoms with Crippen LogP contribution in [-0.2, 0) is 14.3 Å². The summed E-state index contributed by atoms with van der Waals surface area (Å²) >= 11 is 0. The van der Waals surface area contributed by atoms with Gasteiger partial charge < -0.3 is 20.1 Å². The average Bonchev–Trinajstić information content (AvgIpc) is 2.30. The third kappa shape index (κ3) is 2.78. The molecule has 1 aliphatic carbocycles. The SMILES string of the molecule is CCOC1CC(NC2CCCNC2=O)C1OC. The Labute approximate surface area is 102 Å². The lowest BCUT2D eigenvalue weighted by Crippen LogP contribution is -2.64. The van der Waals surface area contributed by atoms with Crippen LogP contribution in [0.5, 0.6) is 0 Å². The van der Waals surface area contributed by atoms with Gasteiger partial charge in [-0.3, -0.25) is 4.79 Å². The molecule has 2 rings (SSSR count). The lowest BCUT2D eigenvalue weighted by Gasteiger charge is -2.45. The van der Waals surface area contributed by atoms with Crippen molar-refractivity contribution in [2.24, 2.45) is 0 Å². The number of nitrogens with one attached hydrogen (secondary N) is 2. The van der Waals surface area contributed by atoms with E-state index in [0.717, 1.165) is 25.8 Å². The van der Waals surface area contributed by atoms with E-state index in [1.165, 1.54) is 0 Å². The second-order valence-corrected chi connectivity index (χ2v) is 4.69. The Morgan fingerprint density at radius 3 is 3.00 bits per heavy atom. The minimum atomic E-state index is -0.0611. The quantitative estimate of drug-likeness (QED) is 0.715. The molecule has 1 aliphatic heterocycles. The van der Waals surface area contributed by atoms with E-state index >= 15 is 0 Å². The fourth-order valence-corrected chi connectivity index (χ4v) is 2.63. The van der Waals surface area contributed by atoms with Crippen LogP contribution in [0.4, 0.5) is 0 Å². The van der Waals surface area contributed by atoms with Crippen molar-refractivity contribution >= 4 is 5.91 Å². The third-order valence-electron chi connectivity index (χ3n) is 3.60. The van der Waals surface area contributed by atoms with Crippen LogP contribution in [0.1, 0.15) is 26.2 Å². The molecule has 2 aliphatic rings. The smallest absolute Gasteiger partial charge is 0.237 e. The molecule has 1 heterocycles. The summed E-state index contributed by atoms with van der Waals surface area (Å²) in [6.45, 7) is 3.50. The van der Waals surface area contributed by atoms with Crippen molar-refractivity contribution in [3.63, 3.8) is 0 Å². The van der Waals surface area contributed by atoms with Crippen molar-refractivity contribution < 1.29 is 14.3 Å². The topological polar surface area (TPSA) is 59.6 Å². The van der Waals surface area contributed by atoms with Crippen LogP contribution >= 0.6 is 0 Å². The Bertz CT molecular complexity index is 272. The predicted molar refractivity (Wildman–Crippen MR) is 63.8 cm³/mol. The maximum absolute atomic E-state index is 11.6. The average molecular weight is 242 g/mol. The molecule has 17 heavy (non-hydrogen) atoms. The number of amides is 1. The van der Waals surface area contributed by atoms with E-state index in [0.29, 0.717) is 6.61 Å². The molecule has 4 atom stereocenters. The van der Waals surface area contributed by atoms with Gasteiger partial charge >= 0.3 is 0 Å². The van der Waals surface area contributed by atoms with Gasteiger partial charge in [0, 0.05) is 26.3 Å². The number of ether oxygens (including phenoxy) is 2. The lowest BCUT2D eigenvalue weighted by molar-refractivity contribution is -0.139. The van der Waals surface area contributed by atoms with Crippen molar-refractivity contribution in [3.05, 3.63) is 0 Å². The number of hydrogen-bond donors (Lipinski definition) is 2. The van der Waals surface area contributed by atoms with Crippen molar-refractivity contribution in [1.82, 2.24) is 10.6 Å². The first-order valence-corrected chi connectivity index (χ1v) is 6.44. The minimum Gasteiger partial charge on any atom is -0.377 e. The second-order valence-electron chi connectivity index (χ2n) is 4.69. The zero-order valence-electron chi connectivity index (χ0n) is 10.6. The van der Waals surface area contributed by atoms with E-state index in [4.69, 9.17) is 9.47 Å². The van der Waals surface area contributed by atoms with Gasteiger partial charge in [-0.1, -0.05) is 0 Å². The summed E-state index contributed by atoms with van der Waals surface area (Å²) in [7, 11) is 1.70. The third-order valence-corrected chi connectivity index (χ3v) is 3.60. The van der Waals surface area contributed by atoms with Crippen molar-refractivity contribution in [2.75, 3.05) is 20.3 Å². The number of piperidine rings is 1. The monoisotopic (exact) mass is 242 g/mol. The fourth-order valence-electron chi connectivity index (χ4n) is 2.63. The molecule has 1 saturated heterocycles. The highest BCUT2D eigenvalue weighted by Crippen LogP contribution is 2.27. The van der Waals surface area contributed by atoms with E-state index in [2.05, 4.69) is 10.6 Å². The highest BCUT2D eigenvalue weighted by atomic mass is 16.5. The molecule has 0 spiro atoms. The molecule has 1 saturated carbocycles. The van der Waals surface area contributed by atoms with E-state index in [1.54, 1.807) is 7.11 Å². The molecule has 0 aromatic heterocycles. The van der Waals surface area contributed by atoms with Gasteiger partial charge in [-0.2, -0.15) is 0 Å². The van der Waals surface area contributed by atoms with Gasteiger partial charge in [-0.15, -0.1) is 0 Å². The largest absolute Gasteiger partial charge is 0.377 e.